The summed E-state index contributed by atoms with van der Waals surface area (Å²) in [5, 5.41) is 0. The molecule has 0 spiro atoms. The minimum Gasteiger partial charge on any atom is -0.399 e. The van der Waals surface area contributed by atoms with E-state index in [1.165, 1.54) is 16.7 Å². The number of nitrogens with zero attached hydrogens (tertiary/aromatic N) is 3. The van der Waals surface area contributed by atoms with Gasteiger partial charge in [0.1, 0.15) is 0 Å². The molecule has 4 aromatic rings. The number of hydrogen-bond donors (Lipinski definition) is 2. The van der Waals surface area contributed by atoms with Gasteiger partial charge in [-0.1, -0.05) is 24.3 Å². The average Bonchev–Trinajstić information content (AvgIpc) is 3.21. The second kappa shape index (κ2) is 8.46. The van der Waals surface area contributed by atoms with Crippen LogP contribution in [0.15, 0.2) is 69.3 Å². The molecular formula is C22H23N5O4S. The molecule has 2 aromatic carbocycles. The van der Waals surface area contributed by atoms with Crippen molar-refractivity contribution in [2.24, 2.45) is 0 Å². The van der Waals surface area contributed by atoms with Crippen molar-refractivity contribution in [3.8, 4) is 0 Å². The molecule has 0 aliphatic heterocycles. The maximum absolute atomic E-state index is 12.5. The van der Waals surface area contributed by atoms with Gasteiger partial charge in [0.15, 0.2) is 21.0 Å². The van der Waals surface area contributed by atoms with Crippen molar-refractivity contribution in [1.29, 1.82) is 0 Å². The Morgan fingerprint density at radius 3 is 2.31 bits per heavy atom. The van der Waals surface area contributed by atoms with Crippen LogP contribution in [-0.4, -0.2) is 33.3 Å². The van der Waals surface area contributed by atoms with Crippen LogP contribution < -0.4 is 17.0 Å². The van der Waals surface area contributed by atoms with E-state index in [0.717, 1.165) is 11.1 Å². The van der Waals surface area contributed by atoms with E-state index in [4.69, 9.17) is 5.73 Å². The van der Waals surface area contributed by atoms with Crippen molar-refractivity contribution in [3.05, 3.63) is 86.8 Å². The van der Waals surface area contributed by atoms with Gasteiger partial charge >= 0.3 is 5.69 Å². The summed E-state index contributed by atoms with van der Waals surface area (Å²) in [6, 6.07) is 13.5. The third-order valence-corrected chi connectivity index (χ3v) is 7.09. The number of rotatable bonds is 7. The van der Waals surface area contributed by atoms with Crippen molar-refractivity contribution >= 4 is 26.7 Å². The van der Waals surface area contributed by atoms with Crippen molar-refractivity contribution in [2.75, 3.05) is 11.5 Å². The molecule has 0 atom stereocenters. The second-order valence-electron chi connectivity index (χ2n) is 7.50. The van der Waals surface area contributed by atoms with Gasteiger partial charge in [-0.25, -0.2) is 18.2 Å². The standard InChI is InChI=1S/C22H23N5O4S/c1-2-26-14-24-20-19(26)21(28)25-22(29)27(20)13-16-5-3-15(4-6-16)11-12-32(30,31)18-9-7-17(23)8-10-18/h3-10,14H,2,11-13,23H2,1H3,(H,25,28,29). The normalized spacial score (nSPS) is 11.8. The third kappa shape index (κ3) is 4.22. The van der Waals surface area contributed by atoms with E-state index in [-0.39, 0.29) is 17.2 Å². The van der Waals surface area contributed by atoms with Gasteiger partial charge in [-0.2, -0.15) is 0 Å². The van der Waals surface area contributed by atoms with Crippen LogP contribution in [-0.2, 0) is 29.3 Å². The van der Waals surface area contributed by atoms with Gasteiger partial charge in [0.05, 0.1) is 23.5 Å². The number of aromatic amines is 1. The average molecular weight is 454 g/mol. The summed E-state index contributed by atoms with van der Waals surface area (Å²) < 4.78 is 28.2. The second-order valence-corrected chi connectivity index (χ2v) is 9.61. The van der Waals surface area contributed by atoms with Crippen LogP contribution in [0.25, 0.3) is 11.2 Å². The molecular weight excluding hydrogens is 430 g/mol. The molecule has 9 nitrogen and oxygen atoms in total. The molecule has 10 heteroatoms. The van der Waals surface area contributed by atoms with Gasteiger partial charge in [0.2, 0.25) is 0 Å². The zero-order chi connectivity index (χ0) is 22.9. The van der Waals surface area contributed by atoms with Gasteiger partial charge < -0.3 is 10.3 Å². The number of imidazole rings is 1. The quantitative estimate of drug-likeness (QED) is 0.408. The summed E-state index contributed by atoms with van der Waals surface area (Å²) in [5.74, 6) is -0.0231. The molecule has 0 aliphatic carbocycles. The Balaban J connectivity index is 1.51. The highest BCUT2D eigenvalue weighted by molar-refractivity contribution is 7.91. The Labute approximate surface area is 184 Å². The number of fused-ring (bicyclic) bond motifs is 1. The topological polar surface area (TPSA) is 133 Å². The number of benzene rings is 2. The number of aryl methyl sites for hydroxylation is 2. The lowest BCUT2D eigenvalue weighted by atomic mass is 10.1. The number of nitrogen functional groups attached to an aromatic ring is 1. The van der Waals surface area contributed by atoms with Crippen molar-refractivity contribution in [1.82, 2.24) is 19.1 Å². The van der Waals surface area contributed by atoms with Crippen LogP contribution >= 0.6 is 0 Å². The SMILES string of the molecule is CCn1cnc2c1c(=O)[nH]c(=O)n2Cc1ccc(CCS(=O)(=O)c2ccc(N)cc2)cc1. The number of hydrogen-bond acceptors (Lipinski definition) is 6. The third-order valence-electron chi connectivity index (χ3n) is 5.36. The summed E-state index contributed by atoms with van der Waals surface area (Å²) in [6.45, 7) is 2.69. The molecule has 166 valence electrons. The highest BCUT2D eigenvalue weighted by atomic mass is 32.2. The molecule has 0 fully saturated rings. The first-order chi connectivity index (χ1) is 15.3. The fraction of sp³-hybridized carbons (Fsp3) is 0.227. The van der Waals surface area contributed by atoms with Gasteiger partial charge in [-0.15, -0.1) is 0 Å². The minimum atomic E-state index is -3.41. The van der Waals surface area contributed by atoms with Crippen LogP contribution in [0, 0.1) is 0 Å². The number of aromatic nitrogens is 4. The number of nitrogens with two attached hydrogens (primary N) is 1. The zero-order valence-corrected chi connectivity index (χ0v) is 18.3. The van der Waals surface area contributed by atoms with Gasteiger partial charge in [0, 0.05) is 12.2 Å². The lowest BCUT2D eigenvalue weighted by molar-refractivity contribution is 0.595. The molecule has 32 heavy (non-hydrogen) atoms. The summed E-state index contributed by atoms with van der Waals surface area (Å²) in [6.07, 6.45) is 1.90. The predicted octanol–water partition coefficient (Wildman–Crippen LogP) is 1.55. The lowest BCUT2D eigenvalue weighted by Crippen LogP contribution is -2.31. The number of H-pyrrole nitrogens is 1. The van der Waals surface area contributed by atoms with Crippen molar-refractivity contribution < 1.29 is 8.42 Å². The molecule has 0 aliphatic rings. The van der Waals surface area contributed by atoms with Crippen LogP contribution in [0.2, 0.25) is 0 Å². The van der Waals surface area contributed by atoms with E-state index >= 15 is 0 Å². The van der Waals surface area contributed by atoms with E-state index in [2.05, 4.69) is 9.97 Å². The molecule has 2 heterocycles. The smallest absolute Gasteiger partial charge is 0.330 e. The van der Waals surface area contributed by atoms with E-state index in [1.54, 1.807) is 23.0 Å². The first kappa shape index (κ1) is 21.6. The molecule has 0 saturated carbocycles. The molecule has 0 radical (unpaired) electrons. The Bertz CT molecular complexity index is 1480. The fourth-order valence-corrected chi connectivity index (χ4v) is 4.84. The van der Waals surface area contributed by atoms with E-state index in [0.29, 0.717) is 29.8 Å². The van der Waals surface area contributed by atoms with Crippen molar-refractivity contribution in [3.63, 3.8) is 0 Å². The highest BCUT2D eigenvalue weighted by Gasteiger charge is 2.15. The van der Waals surface area contributed by atoms with Crippen molar-refractivity contribution in [2.45, 2.75) is 31.3 Å². The summed E-state index contributed by atoms with van der Waals surface area (Å²) in [5.41, 5.74) is 7.53. The maximum Gasteiger partial charge on any atom is 0.330 e. The Kier molecular flexibility index (Phi) is 5.70. The Hall–Kier alpha value is -3.66. The monoisotopic (exact) mass is 453 g/mol. The lowest BCUT2D eigenvalue weighted by Gasteiger charge is -2.09. The number of sulfone groups is 1. The number of nitrogens with one attached hydrogen (secondary N) is 1. The minimum absolute atomic E-state index is 0.0231. The predicted molar refractivity (Wildman–Crippen MR) is 122 cm³/mol. The Morgan fingerprint density at radius 1 is 1.00 bits per heavy atom. The largest absolute Gasteiger partial charge is 0.399 e. The fourth-order valence-electron chi connectivity index (χ4n) is 3.55. The molecule has 4 rings (SSSR count). The first-order valence-corrected chi connectivity index (χ1v) is 11.8. The molecule has 0 amide bonds. The molecule has 0 bridgehead atoms. The Morgan fingerprint density at radius 2 is 1.66 bits per heavy atom. The maximum atomic E-state index is 12.5. The van der Waals surface area contributed by atoms with Gasteiger partial charge in [-0.3, -0.25) is 14.3 Å². The van der Waals surface area contributed by atoms with Gasteiger partial charge in [-0.05, 0) is 48.7 Å². The molecule has 0 saturated heterocycles. The van der Waals surface area contributed by atoms with Gasteiger partial charge in [0.25, 0.3) is 5.56 Å². The van der Waals surface area contributed by atoms with Crippen LogP contribution in [0.3, 0.4) is 0 Å². The van der Waals surface area contributed by atoms with Crippen LogP contribution in [0.5, 0.6) is 0 Å². The summed E-state index contributed by atoms with van der Waals surface area (Å²) >= 11 is 0. The summed E-state index contributed by atoms with van der Waals surface area (Å²) in [7, 11) is -3.41. The van der Waals surface area contributed by atoms with Crippen LogP contribution in [0.1, 0.15) is 18.1 Å². The number of anilines is 1. The highest BCUT2D eigenvalue weighted by Crippen LogP contribution is 2.16. The summed E-state index contributed by atoms with van der Waals surface area (Å²) in [4.78, 5) is 31.4. The van der Waals surface area contributed by atoms with Crippen LogP contribution in [0.4, 0.5) is 5.69 Å². The van der Waals surface area contributed by atoms with E-state index in [1.807, 2.05) is 31.2 Å². The molecule has 0 unspecified atom stereocenters. The zero-order valence-electron chi connectivity index (χ0n) is 17.5. The molecule has 2 aromatic heterocycles. The molecule has 3 N–H and O–H groups in total. The van der Waals surface area contributed by atoms with E-state index in [9.17, 15) is 18.0 Å². The first-order valence-electron chi connectivity index (χ1n) is 10.1. The van der Waals surface area contributed by atoms with E-state index < -0.39 is 21.1 Å².